The number of hydrogen-bond donors (Lipinski definition) is 0. The van der Waals surface area contributed by atoms with Gasteiger partial charge in [-0.25, -0.2) is 9.97 Å². The summed E-state index contributed by atoms with van der Waals surface area (Å²) in [6.45, 7) is 0. The molecule has 1 aromatic heterocycles. The quantitative estimate of drug-likeness (QED) is 0.440. The van der Waals surface area contributed by atoms with Crippen LogP contribution in [0.4, 0.5) is 0 Å². The molecular formula is C6H3N2. The van der Waals surface area contributed by atoms with Crippen molar-refractivity contribution in [2.45, 2.75) is 0 Å². The van der Waals surface area contributed by atoms with E-state index in [0.29, 0.717) is 5.56 Å². The molecule has 2 heteroatoms. The van der Waals surface area contributed by atoms with Crippen LogP contribution in [-0.4, -0.2) is 9.97 Å². The monoisotopic (exact) mass is 103 g/mol. The van der Waals surface area contributed by atoms with Crippen molar-refractivity contribution in [2.75, 3.05) is 0 Å². The minimum Gasteiger partial charge on any atom is -0.232 e. The molecule has 8 heavy (non-hydrogen) atoms. The van der Waals surface area contributed by atoms with Crippen LogP contribution in [0.3, 0.4) is 0 Å². The van der Waals surface area contributed by atoms with Gasteiger partial charge in [-0.3, -0.25) is 0 Å². The van der Waals surface area contributed by atoms with E-state index in [-0.39, 0.29) is 0 Å². The van der Waals surface area contributed by atoms with Crippen molar-refractivity contribution in [3.8, 4) is 12.3 Å². The van der Waals surface area contributed by atoms with E-state index >= 15 is 0 Å². The number of hydrogen-bond acceptors (Lipinski definition) is 2. The lowest BCUT2D eigenvalue weighted by atomic mass is 10.4. The van der Waals surface area contributed by atoms with Crippen LogP contribution in [0.15, 0.2) is 12.4 Å². The van der Waals surface area contributed by atoms with E-state index < -0.39 is 0 Å². The first kappa shape index (κ1) is 4.79. The zero-order valence-electron chi connectivity index (χ0n) is 4.13. The normalized spacial score (nSPS) is 7.88. The Hall–Kier alpha value is -1.36. The second-order valence-corrected chi connectivity index (χ2v) is 1.22. The third-order valence-electron chi connectivity index (χ3n) is 0.689. The molecule has 0 unspecified atom stereocenters. The maximum Gasteiger partial charge on any atom is 0.197 e. The van der Waals surface area contributed by atoms with Crippen molar-refractivity contribution < 1.29 is 0 Å². The maximum absolute atomic E-state index is 5.01. The van der Waals surface area contributed by atoms with Crippen LogP contribution in [0.1, 0.15) is 5.56 Å². The first-order valence-corrected chi connectivity index (χ1v) is 2.08. The molecule has 0 aliphatic rings. The van der Waals surface area contributed by atoms with Gasteiger partial charge in [0.2, 0.25) is 0 Å². The summed E-state index contributed by atoms with van der Waals surface area (Å²) >= 11 is 0. The molecule has 1 radical (unpaired) electrons. The van der Waals surface area contributed by atoms with Crippen LogP contribution in [0.5, 0.6) is 0 Å². The van der Waals surface area contributed by atoms with Gasteiger partial charge in [0.05, 0.1) is 5.56 Å². The van der Waals surface area contributed by atoms with Gasteiger partial charge in [-0.2, -0.15) is 0 Å². The van der Waals surface area contributed by atoms with Crippen LogP contribution in [0.2, 0.25) is 0 Å². The Bertz CT molecular complexity index is 198. The van der Waals surface area contributed by atoms with Crippen molar-refractivity contribution in [2.24, 2.45) is 0 Å². The molecular weight excluding hydrogens is 100 g/mol. The highest BCUT2D eigenvalue weighted by atomic mass is 14.8. The molecule has 0 N–H and O–H groups in total. The first-order chi connectivity index (χ1) is 3.93. The van der Waals surface area contributed by atoms with Gasteiger partial charge in [0.1, 0.15) is 0 Å². The van der Waals surface area contributed by atoms with Crippen molar-refractivity contribution in [3.05, 3.63) is 24.3 Å². The molecule has 0 aliphatic heterocycles. The van der Waals surface area contributed by atoms with E-state index in [1.54, 1.807) is 0 Å². The van der Waals surface area contributed by atoms with E-state index in [9.17, 15) is 0 Å². The minimum atomic E-state index is 0.684. The first-order valence-electron chi connectivity index (χ1n) is 2.08. The molecule has 1 aromatic rings. The predicted octanol–water partition coefficient (Wildman–Crippen LogP) is 0.258. The molecule has 0 aromatic carbocycles. The van der Waals surface area contributed by atoms with Crippen molar-refractivity contribution in [1.82, 2.24) is 9.97 Å². The summed E-state index contributed by atoms with van der Waals surface area (Å²) in [4.78, 5) is 7.15. The van der Waals surface area contributed by atoms with E-state index in [0.717, 1.165) is 0 Å². The van der Waals surface area contributed by atoms with Gasteiger partial charge in [-0.1, -0.05) is 5.92 Å². The average Bonchev–Trinajstić information content (AvgIpc) is 1.90. The zero-order chi connectivity index (χ0) is 5.82. The lowest BCUT2D eigenvalue weighted by molar-refractivity contribution is 1.14. The molecule has 0 atom stereocenters. The SMILES string of the molecule is C#Cc1cn[c]nc1. The third-order valence-corrected chi connectivity index (χ3v) is 0.689. The van der Waals surface area contributed by atoms with E-state index in [4.69, 9.17) is 6.42 Å². The molecule has 0 bridgehead atoms. The Kier molecular flexibility index (Phi) is 1.25. The Balaban J connectivity index is 3.05. The van der Waals surface area contributed by atoms with Crippen molar-refractivity contribution in [3.63, 3.8) is 0 Å². The third kappa shape index (κ3) is 0.824. The van der Waals surface area contributed by atoms with Crippen LogP contribution < -0.4 is 0 Å². The largest absolute Gasteiger partial charge is 0.232 e. The fourth-order valence-corrected chi connectivity index (χ4v) is 0.338. The topological polar surface area (TPSA) is 25.8 Å². The van der Waals surface area contributed by atoms with Gasteiger partial charge in [-0.05, 0) is 0 Å². The molecule has 1 rings (SSSR count). The van der Waals surface area contributed by atoms with Crippen LogP contribution in [0.25, 0.3) is 0 Å². The van der Waals surface area contributed by atoms with Gasteiger partial charge < -0.3 is 0 Å². The zero-order valence-corrected chi connectivity index (χ0v) is 4.13. The number of terminal acetylenes is 1. The van der Waals surface area contributed by atoms with Gasteiger partial charge in [0.15, 0.2) is 6.33 Å². The summed E-state index contributed by atoms with van der Waals surface area (Å²) in [5.74, 6) is 2.38. The average molecular weight is 103 g/mol. The smallest absolute Gasteiger partial charge is 0.197 e. The van der Waals surface area contributed by atoms with Crippen molar-refractivity contribution in [1.29, 1.82) is 0 Å². The Labute approximate surface area is 47.6 Å². The lowest BCUT2D eigenvalue weighted by Gasteiger charge is -1.80. The Morgan fingerprint density at radius 1 is 1.50 bits per heavy atom. The number of nitrogens with zero attached hydrogens (tertiary/aromatic N) is 2. The Morgan fingerprint density at radius 2 is 2.12 bits per heavy atom. The molecule has 0 saturated heterocycles. The van der Waals surface area contributed by atoms with Crippen LogP contribution in [-0.2, 0) is 0 Å². The predicted molar refractivity (Wildman–Crippen MR) is 28.8 cm³/mol. The van der Waals surface area contributed by atoms with Gasteiger partial charge in [0.25, 0.3) is 0 Å². The minimum absolute atomic E-state index is 0.684. The van der Waals surface area contributed by atoms with Crippen LogP contribution >= 0.6 is 0 Å². The van der Waals surface area contributed by atoms with Crippen LogP contribution in [0, 0.1) is 18.7 Å². The second-order valence-electron chi connectivity index (χ2n) is 1.22. The summed E-state index contributed by atoms with van der Waals surface area (Å²) in [6.07, 6.45) is 10.4. The van der Waals surface area contributed by atoms with Crippen molar-refractivity contribution >= 4 is 0 Å². The fourth-order valence-electron chi connectivity index (χ4n) is 0.338. The molecule has 0 saturated carbocycles. The molecule has 0 fully saturated rings. The molecule has 0 spiro atoms. The summed E-state index contributed by atoms with van der Waals surface area (Å²) in [5.41, 5.74) is 0.684. The summed E-state index contributed by atoms with van der Waals surface area (Å²) in [7, 11) is 0. The molecule has 1 heterocycles. The van der Waals surface area contributed by atoms with Gasteiger partial charge in [-0.15, -0.1) is 6.42 Å². The fraction of sp³-hybridized carbons (Fsp3) is 0. The summed E-state index contributed by atoms with van der Waals surface area (Å²) in [6, 6.07) is 0. The molecule has 2 nitrogen and oxygen atoms in total. The summed E-state index contributed by atoms with van der Waals surface area (Å²) in [5, 5.41) is 0. The number of rotatable bonds is 0. The lowest BCUT2D eigenvalue weighted by Crippen LogP contribution is -1.78. The number of aromatic nitrogens is 2. The standard InChI is InChI=1S/C6H3N2/c1-2-6-3-7-5-8-4-6/h1,3-4H. The second kappa shape index (κ2) is 2.08. The highest BCUT2D eigenvalue weighted by Gasteiger charge is 1.79. The van der Waals surface area contributed by atoms with Gasteiger partial charge in [0, 0.05) is 12.4 Å². The van der Waals surface area contributed by atoms with E-state index in [1.807, 2.05) is 0 Å². The molecule has 0 aliphatic carbocycles. The van der Waals surface area contributed by atoms with E-state index in [2.05, 4.69) is 22.2 Å². The highest BCUT2D eigenvalue weighted by Crippen LogP contribution is 1.84. The van der Waals surface area contributed by atoms with Gasteiger partial charge >= 0.3 is 0 Å². The molecule has 0 amide bonds. The Morgan fingerprint density at radius 3 is 2.50 bits per heavy atom. The highest BCUT2D eigenvalue weighted by molar-refractivity contribution is 5.24. The van der Waals surface area contributed by atoms with E-state index in [1.165, 1.54) is 12.4 Å². The molecule has 37 valence electrons. The summed E-state index contributed by atoms with van der Waals surface area (Å²) < 4.78 is 0. The maximum atomic E-state index is 5.01.